The van der Waals surface area contributed by atoms with Crippen molar-refractivity contribution in [3.63, 3.8) is 0 Å². The van der Waals surface area contributed by atoms with Gasteiger partial charge in [-0.25, -0.2) is 0 Å². The zero-order valence-corrected chi connectivity index (χ0v) is 20.2. The van der Waals surface area contributed by atoms with Gasteiger partial charge >= 0.3 is 0 Å². The predicted molar refractivity (Wildman–Crippen MR) is 133 cm³/mol. The van der Waals surface area contributed by atoms with Crippen LogP contribution in [0.25, 0.3) is 0 Å². The Morgan fingerprint density at radius 3 is 2.40 bits per heavy atom. The molecule has 0 saturated heterocycles. The molecule has 4 rings (SSSR count). The number of benzene rings is 2. The molecule has 1 fully saturated rings. The molecule has 7 nitrogen and oxygen atoms in total. The Bertz CT molecular complexity index is 1110. The first kappa shape index (κ1) is 24.4. The summed E-state index contributed by atoms with van der Waals surface area (Å²) in [5.74, 6) is 0.957. The van der Waals surface area contributed by atoms with E-state index >= 15 is 0 Å². The summed E-state index contributed by atoms with van der Waals surface area (Å²) in [6.45, 7) is 0.312. The number of hydrogen-bond acceptors (Lipinski definition) is 5. The third kappa shape index (κ3) is 5.85. The summed E-state index contributed by atoms with van der Waals surface area (Å²) in [6, 6.07) is 17.8. The molecule has 1 saturated carbocycles. The van der Waals surface area contributed by atoms with Gasteiger partial charge in [-0.15, -0.1) is 0 Å². The smallest absolute Gasteiger partial charge is 0.290 e. The molecule has 3 aromatic rings. The summed E-state index contributed by atoms with van der Waals surface area (Å²) < 4.78 is 16.2. The number of carbonyl (C=O) groups excluding carboxylic acids is 2. The zero-order chi connectivity index (χ0) is 24.6. The van der Waals surface area contributed by atoms with Crippen molar-refractivity contribution in [3.8, 4) is 11.5 Å². The van der Waals surface area contributed by atoms with E-state index in [4.69, 9.17) is 13.9 Å². The van der Waals surface area contributed by atoms with Gasteiger partial charge in [0.15, 0.2) is 17.3 Å². The van der Waals surface area contributed by atoms with E-state index in [-0.39, 0.29) is 23.6 Å². The molecule has 2 amide bonds. The fourth-order valence-corrected chi connectivity index (χ4v) is 4.63. The molecule has 7 heteroatoms. The Morgan fingerprint density at radius 1 is 1.00 bits per heavy atom. The Kier molecular flexibility index (Phi) is 8.08. The molecule has 1 aliphatic rings. The summed E-state index contributed by atoms with van der Waals surface area (Å²) >= 11 is 0. The number of ether oxygens (including phenoxy) is 2. The van der Waals surface area contributed by atoms with Crippen LogP contribution >= 0.6 is 0 Å². The summed E-state index contributed by atoms with van der Waals surface area (Å²) in [5.41, 5.74) is 1.72. The monoisotopic (exact) mass is 476 g/mol. The van der Waals surface area contributed by atoms with Gasteiger partial charge in [-0.05, 0) is 54.7 Å². The fourth-order valence-electron chi connectivity index (χ4n) is 4.63. The van der Waals surface area contributed by atoms with Gasteiger partial charge in [-0.3, -0.25) is 9.59 Å². The van der Waals surface area contributed by atoms with E-state index in [0.29, 0.717) is 24.5 Å². The lowest BCUT2D eigenvalue weighted by atomic mass is 10.0. The molecule has 1 atom stereocenters. The highest BCUT2D eigenvalue weighted by Gasteiger charge is 2.34. The van der Waals surface area contributed by atoms with Crippen LogP contribution in [0.2, 0.25) is 0 Å². The van der Waals surface area contributed by atoms with Crippen LogP contribution in [-0.4, -0.2) is 43.5 Å². The third-order valence-corrected chi connectivity index (χ3v) is 6.46. The topological polar surface area (TPSA) is 81.0 Å². The molecular formula is C28H32N2O5. The van der Waals surface area contributed by atoms with Crippen molar-refractivity contribution < 1.29 is 23.5 Å². The number of furan rings is 1. The Hall–Kier alpha value is -3.74. The van der Waals surface area contributed by atoms with Crippen LogP contribution in [0.4, 0.5) is 0 Å². The summed E-state index contributed by atoms with van der Waals surface area (Å²) in [7, 11) is 3.18. The second kappa shape index (κ2) is 11.6. The molecule has 184 valence electrons. The van der Waals surface area contributed by atoms with Crippen molar-refractivity contribution in [2.75, 3.05) is 20.8 Å². The summed E-state index contributed by atoms with van der Waals surface area (Å²) in [4.78, 5) is 28.9. The number of methoxy groups -OCH3 is 2. The molecule has 1 unspecified atom stereocenters. The van der Waals surface area contributed by atoms with Crippen molar-refractivity contribution in [2.24, 2.45) is 0 Å². The normalized spacial score (nSPS) is 14.3. The van der Waals surface area contributed by atoms with Crippen molar-refractivity contribution in [1.82, 2.24) is 10.2 Å². The van der Waals surface area contributed by atoms with E-state index in [1.807, 2.05) is 48.5 Å². The Labute approximate surface area is 206 Å². The maximum atomic E-state index is 13.6. The first-order chi connectivity index (χ1) is 17.1. The summed E-state index contributed by atoms with van der Waals surface area (Å²) in [6.07, 6.45) is 6.13. The highest BCUT2D eigenvalue weighted by Crippen LogP contribution is 2.29. The molecule has 0 bridgehead atoms. The molecule has 0 spiro atoms. The van der Waals surface area contributed by atoms with E-state index < -0.39 is 6.04 Å². The van der Waals surface area contributed by atoms with Gasteiger partial charge in [0.25, 0.3) is 5.91 Å². The predicted octanol–water partition coefficient (Wildman–Crippen LogP) is 4.78. The number of amides is 2. The van der Waals surface area contributed by atoms with Gasteiger partial charge < -0.3 is 24.1 Å². The standard InChI is InChI=1S/C28H32N2O5/c1-33-23-15-14-20(19-25(23)34-2)16-17-30(28(32)24-13-8-18-35-24)26(21-9-4-3-5-10-21)27(31)29-22-11-6-7-12-22/h3-5,8-10,13-15,18-19,22,26H,6-7,11-12,16-17H2,1-2H3,(H,29,31). The van der Waals surface area contributed by atoms with Gasteiger partial charge in [-0.2, -0.15) is 0 Å². The molecule has 0 aliphatic heterocycles. The van der Waals surface area contributed by atoms with Crippen LogP contribution in [0.15, 0.2) is 71.3 Å². The van der Waals surface area contributed by atoms with Crippen LogP contribution in [-0.2, 0) is 11.2 Å². The fraction of sp³-hybridized carbons (Fsp3) is 0.357. The molecule has 1 aromatic heterocycles. The van der Waals surface area contributed by atoms with Crippen LogP contribution in [0, 0.1) is 0 Å². The minimum absolute atomic E-state index is 0.139. The molecule has 0 radical (unpaired) electrons. The molecule has 35 heavy (non-hydrogen) atoms. The number of rotatable bonds is 10. The molecule has 2 aromatic carbocycles. The van der Waals surface area contributed by atoms with Crippen molar-refractivity contribution in [1.29, 1.82) is 0 Å². The van der Waals surface area contributed by atoms with E-state index in [2.05, 4.69) is 5.32 Å². The van der Waals surface area contributed by atoms with Crippen LogP contribution < -0.4 is 14.8 Å². The maximum Gasteiger partial charge on any atom is 0.290 e. The lowest BCUT2D eigenvalue weighted by Crippen LogP contribution is -2.46. The van der Waals surface area contributed by atoms with Gasteiger partial charge in [0.05, 0.1) is 20.5 Å². The van der Waals surface area contributed by atoms with E-state index in [9.17, 15) is 9.59 Å². The number of hydrogen-bond donors (Lipinski definition) is 1. The largest absolute Gasteiger partial charge is 0.493 e. The number of nitrogens with one attached hydrogen (secondary N) is 1. The average molecular weight is 477 g/mol. The maximum absolute atomic E-state index is 13.6. The highest BCUT2D eigenvalue weighted by molar-refractivity contribution is 5.96. The van der Waals surface area contributed by atoms with Crippen molar-refractivity contribution in [2.45, 2.75) is 44.2 Å². The first-order valence-electron chi connectivity index (χ1n) is 12.0. The van der Waals surface area contributed by atoms with Gasteiger partial charge in [0.1, 0.15) is 6.04 Å². The zero-order valence-electron chi connectivity index (χ0n) is 20.2. The SMILES string of the molecule is COc1ccc(CCN(C(=O)c2ccco2)C(C(=O)NC2CCCC2)c2ccccc2)cc1OC. The minimum atomic E-state index is -0.783. The van der Waals surface area contributed by atoms with Crippen LogP contribution in [0.1, 0.15) is 53.4 Å². The van der Waals surface area contributed by atoms with Crippen molar-refractivity contribution >= 4 is 11.8 Å². The Morgan fingerprint density at radius 2 is 1.74 bits per heavy atom. The molecule has 1 heterocycles. The second-order valence-electron chi connectivity index (χ2n) is 8.72. The summed E-state index contributed by atoms with van der Waals surface area (Å²) in [5, 5.41) is 3.19. The highest BCUT2D eigenvalue weighted by atomic mass is 16.5. The van der Waals surface area contributed by atoms with E-state index in [1.165, 1.54) is 6.26 Å². The van der Waals surface area contributed by atoms with Gasteiger partial charge in [-0.1, -0.05) is 49.2 Å². The first-order valence-corrected chi connectivity index (χ1v) is 12.0. The lowest BCUT2D eigenvalue weighted by Gasteiger charge is -2.32. The molecule has 1 aliphatic carbocycles. The van der Waals surface area contributed by atoms with Crippen LogP contribution in [0.5, 0.6) is 11.5 Å². The second-order valence-corrected chi connectivity index (χ2v) is 8.72. The van der Waals surface area contributed by atoms with Crippen LogP contribution in [0.3, 0.4) is 0 Å². The average Bonchev–Trinajstić information content (AvgIpc) is 3.61. The van der Waals surface area contributed by atoms with Gasteiger partial charge in [0, 0.05) is 12.6 Å². The number of nitrogens with zero attached hydrogens (tertiary/aromatic N) is 1. The van der Waals surface area contributed by atoms with E-state index in [1.54, 1.807) is 31.3 Å². The third-order valence-electron chi connectivity index (χ3n) is 6.46. The minimum Gasteiger partial charge on any atom is -0.493 e. The van der Waals surface area contributed by atoms with E-state index in [0.717, 1.165) is 36.8 Å². The molecule has 1 N–H and O–H groups in total. The van der Waals surface area contributed by atoms with Gasteiger partial charge in [0.2, 0.25) is 5.91 Å². The number of carbonyl (C=O) groups is 2. The quantitative estimate of drug-likeness (QED) is 0.455. The van der Waals surface area contributed by atoms with Crippen molar-refractivity contribution in [3.05, 3.63) is 83.8 Å². The Balaban J connectivity index is 1.65. The molecular weight excluding hydrogens is 444 g/mol. The lowest BCUT2D eigenvalue weighted by molar-refractivity contribution is -0.126.